The summed E-state index contributed by atoms with van der Waals surface area (Å²) in [5.41, 5.74) is 2.26. The number of nitrogens with zero attached hydrogens (tertiary/aromatic N) is 2. The summed E-state index contributed by atoms with van der Waals surface area (Å²) in [6.07, 6.45) is 3.34. The van der Waals surface area contributed by atoms with Gasteiger partial charge in [-0.15, -0.1) is 5.10 Å². The van der Waals surface area contributed by atoms with E-state index in [-0.39, 0.29) is 5.75 Å². The smallest absolute Gasteiger partial charge is 0.341 e. The maximum atomic E-state index is 14.7. The summed E-state index contributed by atoms with van der Waals surface area (Å²) in [4.78, 5) is 16.5. The largest absolute Gasteiger partial charge is 0.494 e. The molecule has 1 atom stereocenters. The van der Waals surface area contributed by atoms with Crippen LogP contribution >= 0.6 is 0 Å². The van der Waals surface area contributed by atoms with Crippen LogP contribution in [0.25, 0.3) is 22.2 Å². The Bertz CT molecular complexity index is 1300. The average molecular weight is 434 g/mol. The van der Waals surface area contributed by atoms with Gasteiger partial charge in [-0.25, -0.2) is 9.18 Å². The van der Waals surface area contributed by atoms with Gasteiger partial charge in [0.1, 0.15) is 0 Å². The maximum absolute atomic E-state index is 14.7. The number of aromatic amines is 1. The Balaban J connectivity index is 0.00000119. The van der Waals surface area contributed by atoms with E-state index in [2.05, 4.69) is 20.5 Å². The standard InChI is InChI=1S/C22H17FN4O3.C2H6/c1-29-18-8-7-12(9-16(18)23)22(21(28)30-2)15-11-24-20-19(15)14(10-25-27-20)13-5-3-4-6-17(13)26-22;1-2/h3-11,26H,1-2H3,(H,24,27);1-2H3. The number of aromatic nitrogens is 3. The maximum Gasteiger partial charge on any atom is 0.341 e. The Kier molecular flexibility index (Phi) is 5.52. The van der Waals surface area contributed by atoms with Crippen LogP contribution in [0.1, 0.15) is 25.0 Å². The number of carbonyl (C=O) groups is 1. The highest BCUT2D eigenvalue weighted by Gasteiger charge is 2.48. The molecule has 0 saturated heterocycles. The second kappa shape index (κ2) is 8.30. The highest BCUT2D eigenvalue weighted by molar-refractivity contribution is 6.06. The first-order valence-electron chi connectivity index (χ1n) is 10.2. The van der Waals surface area contributed by atoms with E-state index in [9.17, 15) is 9.18 Å². The molecule has 1 unspecified atom stereocenters. The summed E-state index contributed by atoms with van der Waals surface area (Å²) in [6, 6.07) is 12.0. The Morgan fingerprint density at radius 2 is 1.88 bits per heavy atom. The van der Waals surface area contributed by atoms with Crippen LogP contribution in [-0.4, -0.2) is 35.4 Å². The van der Waals surface area contributed by atoms with Gasteiger partial charge in [0.25, 0.3) is 0 Å². The second-order valence-electron chi connectivity index (χ2n) is 6.95. The number of benzene rings is 2. The van der Waals surface area contributed by atoms with Gasteiger partial charge >= 0.3 is 5.97 Å². The molecule has 8 heteroatoms. The van der Waals surface area contributed by atoms with Gasteiger partial charge in [-0.1, -0.05) is 38.1 Å². The number of hydrogen-bond acceptors (Lipinski definition) is 6. The fraction of sp³-hybridized carbons (Fsp3) is 0.208. The van der Waals surface area contributed by atoms with E-state index >= 15 is 0 Å². The normalized spacial score (nSPS) is 16.2. The topological polar surface area (TPSA) is 89.1 Å². The Morgan fingerprint density at radius 3 is 2.59 bits per heavy atom. The molecule has 3 heterocycles. The number of carbonyl (C=O) groups excluding carboxylic acids is 1. The molecule has 0 bridgehead atoms. The number of esters is 1. The lowest BCUT2D eigenvalue weighted by Gasteiger charge is -2.33. The van der Waals surface area contributed by atoms with E-state index in [1.807, 2.05) is 38.1 Å². The Morgan fingerprint density at radius 1 is 1.09 bits per heavy atom. The van der Waals surface area contributed by atoms with Crippen LogP contribution in [0.4, 0.5) is 10.1 Å². The van der Waals surface area contributed by atoms with E-state index in [0.29, 0.717) is 27.8 Å². The highest BCUT2D eigenvalue weighted by atomic mass is 19.1. The lowest BCUT2D eigenvalue weighted by molar-refractivity contribution is -0.144. The van der Waals surface area contributed by atoms with Crippen molar-refractivity contribution < 1.29 is 18.7 Å². The molecule has 164 valence electrons. The van der Waals surface area contributed by atoms with Gasteiger partial charge in [0.05, 0.1) is 20.4 Å². The number of fused-ring (bicyclic) bond motifs is 2. The van der Waals surface area contributed by atoms with Crippen molar-refractivity contribution in [3.63, 3.8) is 0 Å². The van der Waals surface area contributed by atoms with Crippen molar-refractivity contribution in [2.24, 2.45) is 0 Å². The minimum absolute atomic E-state index is 0.0817. The van der Waals surface area contributed by atoms with Gasteiger partial charge in [0, 0.05) is 34.0 Å². The zero-order valence-electron chi connectivity index (χ0n) is 18.2. The Hall–Kier alpha value is -3.94. The molecule has 1 aliphatic heterocycles. The first-order valence-corrected chi connectivity index (χ1v) is 10.2. The second-order valence-corrected chi connectivity index (χ2v) is 6.95. The SMILES string of the molecule is CC.COC(=O)C1(c2ccc(OC)c(F)c2)Nc2ccccc2-c2cnnc3[nH]cc1c23. The predicted molar refractivity (Wildman–Crippen MR) is 120 cm³/mol. The van der Waals surface area contributed by atoms with Crippen LogP contribution in [0, 0.1) is 5.82 Å². The summed E-state index contributed by atoms with van der Waals surface area (Å²) in [5.74, 6) is -1.09. The number of para-hydroxylation sites is 1. The molecule has 5 rings (SSSR count). The van der Waals surface area contributed by atoms with E-state index < -0.39 is 17.3 Å². The van der Waals surface area contributed by atoms with E-state index in [1.165, 1.54) is 26.4 Å². The van der Waals surface area contributed by atoms with Crippen molar-refractivity contribution in [3.8, 4) is 16.9 Å². The molecule has 1 aliphatic rings. The molecule has 0 radical (unpaired) electrons. The van der Waals surface area contributed by atoms with Crippen molar-refractivity contribution in [2.45, 2.75) is 19.4 Å². The summed E-state index contributed by atoms with van der Waals surface area (Å²) in [7, 11) is 2.69. The zero-order chi connectivity index (χ0) is 22.9. The molecule has 0 amide bonds. The fourth-order valence-electron chi connectivity index (χ4n) is 4.13. The zero-order valence-corrected chi connectivity index (χ0v) is 18.2. The molecular weight excluding hydrogens is 411 g/mol. The van der Waals surface area contributed by atoms with Crippen LogP contribution in [0.15, 0.2) is 54.9 Å². The minimum Gasteiger partial charge on any atom is -0.494 e. The van der Waals surface area contributed by atoms with Crippen molar-refractivity contribution in [3.05, 3.63) is 71.8 Å². The molecule has 32 heavy (non-hydrogen) atoms. The number of ether oxygens (including phenoxy) is 2. The lowest BCUT2D eigenvalue weighted by Crippen LogP contribution is -2.45. The molecule has 0 aliphatic carbocycles. The molecule has 2 aromatic carbocycles. The van der Waals surface area contributed by atoms with Crippen molar-refractivity contribution in [2.75, 3.05) is 19.5 Å². The number of anilines is 1. The molecule has 0 spiro atoms. The highest BCUT2D eigenvalue weighted by Crippen LogP contribution is 2.47. The van der Waals surface area contributed by atoms with Crippen LogP contribution in [0.5, 0.6) is 5.75 Å². The predicted octanol–water partition coefficient (Wildman–Crippen LogP) is 4.64. The van der Waals surface area contributed by atoms with Gasteiger partial charge in [0.2, 0.25) is 0 Å². The lowest BCUT2D eigenvalue weighted by atomic mass is 9.82. The first kappa shape index (κ1) is 21.3. The molecular formula is C24H23FN4O3. The number of halogens is 1. The van der Waals surface area contributed by atoms with Gasteiger partial charge in [-0.2, -0.15) is 5.10 Å². The van der Waals surface area contributed by atoms with Crippen LogP contribution in [-0.2, 0) is 15.1 Å². The number of H-pyrrole nitrogens is 1. The molecule has 0 saturated carbocycles. The van der Waals surface area contributed by atoms with E-state index in [4.69, 9.17) is 9.47 Å². The van der Waals surface area contributed by atoms with Gasteiger partial charge in [0.15, 0.2) is 22.8 Å². The van der Waals surface area contributed by atoms with Crippen LogP contribution < -0.4 is 10.1 Å². The molecule has 4 aromatic rings. The van der Waals surface area contributed by atoms with E-state index in [0.717, 1.165) is 11.1 Å². The third kappa shape index (κ3) is 2.98. The molecule has 2 N–H and O–H groups in total. The molecule has 2 aromatic heterocycles. The first-order chi connectivity index (χ1) is 15.6. The van der Waals surface area contributed by atoms with Gasteiger partial charge in [-0.3, -0.25) is 0 Å². The van der Waals surface area contributed by atoms with Crippen LogP contribution in [0.3, 0.4) is 0 Å². The number of rotatable bonds is 3. The molecule has 7 nitrogen and oxygen atoms in total. The van der Waals surface area contributed by atoms with Gasteiger partial charge < -0.3 is 19.8 Å². The third-order valence-corrected chi connectivity index (χ3v) is 5.49. The third-order valence-electron chi connectivity index (χ3n) is 5.49. The number of hydrogen-bond donors (Lipinski definition) is 2. The van der Waals surface area contributed by atoms with Crippen molar-refractivity contribution >= 4 is 22.7 Å². The van der Waals surface area contributed by atoms with Gasteiger partial charge in [-0.05, 0) is 23.8 Å². The van der Waals surface area contributed by atoms with Crippen molar-refractivity contribution in [1.29, 1.82) is 0 Å². The number of nitrogens with one attached hydrogen (secondary N) is 2. The summed E-state index contributed by atoms with van der Waals surface area (Å²) < 4.78 is 25.0. The fourth-order valence-corrected chi connectivity index (χ4v) is 4.13. The average Bonchev–Trinajstić information content (AvgIpc) is 3.23. The van der Waals surface area contributed by atoms with Crippen LogP contribution in [0.2, 0.25) is 0 Å². The quantitative estimate of drug-likeness (QED) is 0.457. The van der Waals surface area contributed by atoms with E-state index in [1.54, 1.807) is 18.5 Å². The molecule has 0 fully saturated rings. The van der Waals surface area contributed by atoms with Crippen molar-refractivity contribution in [1.82, 2.24) is 15.2 Å². The summed E-state index contributed by atoms with van der Waals surface area (Å²) >= 11 is 0. The minimum atomic E-state index is -1.52. The Labute approximate surface area is 184 Å². The summed E-state index contributed by atoms with van der Waals surface area (Å²) in [6.45, 7) is 4.00. The monoisotopic (exact) mass is 434 g/mol. The summed E-state index contributed by atoms with van der Waals surface area (Å²) in [5, 5.41) is 12.3. The number of methoxy groups -OCH3 is 2.